The van der Waals surface area contributed by atoms with Gasteiger partial charge in [0.25, 0.3) is 0 Å². The summed E-state index contributed by atoms with van der Waals surface area (Å²) in [5.74, 6) is -0.873. The van der Waals surface area contributed by atoms with E-state index in [2.05, 4.69) is 6.92 Å². The van der Waals surface area contributed by atoms with Crippen molar-refractivity contribution in [2.24, 2.45) is 5.92 Å². The summed E-state index contributed by atoms with van der Waals surface area (Å²) in [6.45, 7) is 5.25. The van der Waals surface area contributed by atoms with Crippen LogP contribution < -0.4 is 0 Å². The molecule has 0 saturated carbocycles. The van der Waals surface area contributed by atoms with Gasteiger partial charge in [0.15, 0.2) is 0 Å². The monoisotopic (exact) mass is 404 g/mol. The third kappa shape index (κ3) is 11.4. The van der Waals surface area contributed by atoms with Crippen LogP contribution >= 0.6 is 0 Å². The van der Waals surface area contributed by atoms with Crippen LogP contribution in [0.1, 0.15) is 83.3 Å². The third-order valence-corrected chi connectivity index (χ3v) is 5.28. The number of aryl methyl sites for hydroxylation is 1. The lowest BCUT2D eigenvalue weighted by molar-refractivity contribution is -0.147. The molecule has 0 aliphatic heterocycles. The Kier molecular flexibility index (Phi) is 11.9. The van der Waals surface area contributed by atoms with Gasteiger partial charge in [0.05, 0.1) is 6.42 Å². The molecule has 1 aromatic carbocycles. The third-order valence-electron chi connectivity index (χ3n) is 5.28. The maximum atomic E-state index is 12.1. The van der Waals surface area contributed by atoms with E-state index in [4.69, 9.17) is 9.84 Å². The van der Waals surface area contributed by atoms with E-state index in [1.165, 1.54) is 6.92 Å². The highest BCUT2D eigenvalue weighted by Gasteiger charge is 2.17. The van der Waals surface area contributed by atoms with Gasteiger partial charge in [-0.05, 0) is 63.0 Å². The Balaban J connectivity index is 2.48. The van der Waals surface area contributed by atoms with Gasteiger partial charge in [-0.2, -0.15) is 0 Å². The topological polar surface area (TPSA) is 80.7 Å². The summed E-state index contributed by atoms with van der Waals surface area (Å²) in [4.78, 5) is 34.1. The average Bonchev–Trinajstić information content (AvgIpc) is 2.64. The van der Waals surface area contributed by atoms with Crippen molar-refractivity contribution in [2.45, 2.75) is 91.1 Å². The molecule has 0 heterocycles. The van der Waals surface area contributed by atoms with Gasteiger partial charge in [-0.25, -0.2) is 0 Å². The Labute approximate surface area is 174 Å². The maximum absolute atomic E-state index is 12.1. The molecule has 1 aromatic rings. The molecule has 1 rings (SSSR count). The van der Waals surface area contributed by atoms with E-state index in [1.807, 2.05) is 24.3 Å². The molecule has 5 heteroatoms. The van der Waals surface area contributed by atoms with Crippen molar-refractivity contribution >= 4 is 17.7 Å². The van der Waals surface area contributed by atoms with Crippen molar-refractivity contribution in [3.05, 3.63) is 35.4 Å². The minimum absolute atomic E-state index is 0.00214. The first-order valence-corrected chi connectivity index (χ1v) is 10.8. The van der Waals surface area contributed by atoms with Crippen molar-refractivity contribution in [3.8, 4) is 0 Å². The number of aliphatic carboxylic acids is 1. The lowest BCUT2D eigenvalue weighted by atomic mass is 9.90. The van der Waals surface area contributed by atoms with Crippen molar-refractivity contribution in [2.75, 3.05) is 0 Å². The van der Waals surface area contributed by atoms with E-state index in [-0.39, 0.29) is 30.2 Å². The summed E-state index contributed by atoms with van der Waals surface area (Å²) in [5.41, 5.74) is 1.90. The first kappa shape index (κ1) is 24.9. The summed E-state index contributed by atoms with van der Waals surface area (Å²) in [5, 5.41) is 8.84. The number of carboxylic acids is 1. The van der Waals surface area contributed by atoms with Gasteiger partial charge in [-0.1, -0.05) is 44.0 Å². The average molecular weight is 405 g/mol. The normalized spacial score (nSPS) is 12.9. The van der Waals surface area contributed by atoms with E-state index in [0.717, 1.165) is 68.9 Å². The summed E-state index contributed by atoms with van der Waals surface area (Å²) in [6.07, 6.45) is 8.24. The molecule has 0 aliphatic rings. The predicted molar refractivity (Wildman–Crippen MR) is 114 cm³/mol. The summed E-state index contributed by atoms with van der Waals surface area (Å²) >= 11 is 0. The Morgan fingerprint density at radius 1 is 0.897 bits per heavy atom. The molecule has 29 heavy (non-hydrogen) atoms. The fourth-order valence-corrected chi connectivity index (χ4v) is 3.60. The number of unbranched alkanes of at least 4 members (excludes halogenated alkanes) is 2. The predicted octanol–water partition coefficient (Wildman–Crippen LogP) is 5.13. The first-order valence-electron chi connectivity index (χ1n) is 10.8. The van der Waals surface area contributed by atoms with Gasteiger partial charge >= 0.3 is 11.9 Å². The fraction of sp³-hybridized carbons (Fsp3) is 0.625. The summed E-state index contributed by atoms with van der Waals surface area (Å²) in [7, 11) is 0. The molecule has 1 N–H and O–H groups in total. The molecule has 5 nitrogen and oxygen atoms in total. The van der Waals surface area contributed by atoms with Gasteiger partial charge in [0.1, 0.15) is 11.9 Å². The Bertz CT molecular complexity index is 635. The Morgan fingerprint density at radius 3 is 2.07 bits per heavy atom. The highest BCUT2D eigenvalue weighted by atomic mass is 16.5. The van der Waals surface area contributed by atoms with Crippen LogP contribution in [0.25, 0.3) is 0 Å². The number of benzene rings is 1. The zero-order valence-electron chi connectivity index (χ0n) is 18.1. The zero-order valence-corrected chi connectivity index (χ0v) is 18.1. The number of carbonyl (C=O) groups is 3. The van der Waals surface area contributed by atoms with Gasteiger partial charge in [0, 0.05) is 12.8 Å². The number of hydrogen-bond acceptors (Lipinski definition) is 4. The van der Waals surface area contributed by atoms with Crippen LogP contribution in [0, 0.1) is 5.92 Å². The van der Waals surface area contributed by atoms with Crippen LogP contribution in [0.3, 0.4) is 0 Å². The van der Waals surface area contributed by atoms with E-state index in [0.29, 0.717) is 0 Å². The number of carbonyl (C=O) groups excluding carboxylic acids is 2. The number of hydrogen-bond donors (Lipinski definition) is 1. The summed E-state index contributed by atoms with van der Waals surface area (Å²) in [6, 6.07) is 7.57. The molecule has 0 aliphatic carbocycles. The Morgan fingerprint density at radius 2 is 1.52 bits per heavy atom. The smallest absolute Gasteiger partial charge is 0.307 e. The van der Waals surface area contributed by atoms with Gasteiger partial charge in [-0.15, -0.1) is 0 Å². The van der Waals surface area contributed by atoms with Crippen molar-refractivity contribution in [3.63, 3.8) is 0 Å². The molecule has 162 valence electrons. The van der Waals surface area contributed by atoms with Crippen molar-refractivity contribution in [1.29, 1.82) is 0 Å². The van der Waals surface area contributed by atoms with E-state index in [9.17, 15) is 14.4 Å². The van der Waals surface area contributed by atoms with Gasteiger partial charge in [0.2, 0.25) is 0 Å². The minimum atomic E-state index is -0.837. The number of ketones is 1. The summed E-state index contributed by atoms with van der Waals surface area (Å²) < 4.78 is 5.44. The lowest BCUT2D eigenvalue weighted by Crippen LogP contribution is -2.18. The highest BCUT2D eigenvalue weighted by Crippen LogP contribution is 2.21. The minimum Gasteiger partial charge on any atom is -0.481 e. The number of Topliss-reactive ketones (excluding diaryl/α,β-unsaturated/α-hetero) is 1. The second-order valence-corrected chi connectivity index (χ2v) is 7.89. The number of esters is 1. The number of ether oxygens (including phenoxy) is 1. The second-order valence-electron chi connectivity index (χ2n) is 7.89. The largest absolute Gasteiger partial charge is 0.481 e. The van der Waals surface area contributed by atoms with Crippen LogP contribution in [0.15, 0.2) is 24.3 Å². The van der Waals surface area contributed by atoms with Crippen LogP contribution in [0.5, 0.6) is 0 Å². The lowest BCUT2D eigenvalue weighted by Gasteiger charge is -2.19. The van der Waals surface area contributed by atoms with Crippen LogP contribution in [-0.4, -0.2) is 28.9 Å². The van der Waals surface area contributed by atoms with Crippen LogP contribution in [-0.2, 0) is 32.0 Å². The molecule has 0 radical (unpaired) electrons. The van der Waals surface area contributed by atoms with Gasteiger partial charge < -0.3 is 9.84 Å². The SMILES string of the molecule is CCCCCC(CCCC(CCc1ccc(CC(=O)O)cc1)C(C)=O)OC(C)=O. The molecule has 0 bridgehead atoms. The van der Waals surface area contributed by atoms with E-state index < -0.39 is 5.97 Å². The van der Waals surface area contributed by atoms with E-state index in [1.54, 1.807) is 6.92 Å². The van der Waals surface area contributed by atoms with Crippen molar-refractivity contribution in [1.82, 2.24) is 0 Å². The molecule has 2 atom stereocenters. The molecule has 0 spiro atoms. The van der Waals surface area contributed by atoms with Crippen LogP contribution in [0.4, 0.5) is 0 Å². The Hall–Kier alpha value is -2.17. The second kappa shape index (κ2) is 13.9. The molecule has 0 saturated heterocycles. The highest BCUT2D eigenvalue weighted by molar-refractivity contribution is 5.78. The molecular weight excluding hydrogens is 368 g/mol. The zero-order chi connectivity index (χ0) is 21.6. The number of rotatable bonds is 15. The van der Waals surface area contributed by atoms with Crippen molar-refractivity contribution < 1.29 is 24.2 Å². The molecule has 0 aromatic heterocycles. The van der Waals surface area contributed by atoms with E-state index >= 15 is 0 Å². The standard InChI is InChI=1S/C24H36O5/c1-4-5-6-9-23(29-19(3)26)10-7-8-22(18(2)25)16-15-20-11-13-21(14-12-20)17-24(27)28/h11-14,22-23H,4-10,15-17H2,1-3H3,(H,27,28). The van der Waals surface area contributed by atoms with Crippen LogP contribution in [0.2, 0.25) is 0 Å². The van der Waals surface area contributed by atoms with Gasteiger partial charge in [-0.3, -0.25) is 14.4 Å². The maximum Gasteiger partial charge on any atom is 0.307 e. The first-order chi connectivity index (χ1) is 13.8. The molecule has 2 unspecified atom stereocenters. The number of carboxylic acid groups (broad SMARTS) is 1. The molecule has 0 fully saturated rings. The molecule has 0 amide bonds. The quantitative estimate of drug-likeness (QED) is 0.324. The fourth-order valence-electron chi connectivity index (χ4n) is 3.60. The molecular formula is C24H36O5.